The highest BCUT2D eigenvalue weighted by atomic mass is 32.2. The van der Waals surface area contributed by atoms with Crippen molar-refractivity contribution in [3.8, 4) is 11.8 Å². The SMILES string of the molecule is CC(C)CSC[C@H](NC(=O)N1C/C=C\Cc2ccc(C#Cc3ccc(F)cc3F)cc2C1=O)C(=O)OC(C)(C)C. The molecular weight excluding hydrogens is 534 g/mol. The maximum absolute atomic E-state index is 14.0. The lowest BCUT2D eigenvalue weighted by Crippen LogP contribution is -2.52. The number of thioether (sulfide) groups is 1. The van der Waals surface area contributed by atoms with Gasteiger partial charge in [0.1, 0.15) is 23.3 Å². The summed E-state index contributed by atoms with van der Waals surface area (Å²) in [6, 6.07) is 6.44. The fourth-order valence-corrected chi connectivity index (χ4v) is 4.81. The molecule has 40 heavy (non-hydrogen) atoms. The molecule has 1 aliphatic rings. The number of carbonyl (C=O) groups is 3. The third-order valence-corrected chi connectivity index (χ3v) is 7.09. The van der Waals surface area contributed by atoms with E-state index >= 15 is 0 Å². The van der Waals surface area contributed by atoms with Gasteiger partial charge >= 0.3 is 12.0 Å². The third-order valence-electron chi connectivity index (χ3n) is 5.62. The lowest BCUT2D eigenvalue weighted by molar-refractivity contribution is -0.156. The zero-order valence-electron chi connectivity index (χ0n) is 23.3. The molecule has 2 aromatic rings. The number of esters is 1. The van der Waals surface area contributed by atoms with E-state index in [-0.39, 0.29) is 17.7 Å². The van der Waals surface area contributed by atoms with Crippen molar-refractivity contribution in [2.45, 2.75) is 52.7 Å². The summed E-state index contributed by atoms with van der Waals surface area (Å²) >= 11 is 1.52. The number of halogens is 2. The largest absolute Gasteiger partial charge is 0.458 e. The van der Waals surface area contributed by atoms with Crippen molar-refractivity contribution in [1.29, 1.82) is 0 Å². The highest BCUT2D eigenvalue weighted by Gasteiger charge is 2.31. The van der Waals surface area contributed by atoms with Crippen molar-refractivity contribution in [2.75, 3.05) is 18.1 Å². The molecule has 1 heterocycles. The van der Waals surface area contributed by atoms with Crippen LogP contribution in [0.5, 0.6) is 0 Å². The number of allylic oxidation sites excluding steroid dienone is 1. The molecule has 0 fully saturated rings. The molecule has 0 spiro atoms. The molecule has 3 rings (SSSR count). The zero-order valence-corrected chi connectivity index (χ0v) is 24.2. The van der Waals surface area contributed by atoms with E-state index in [4.69, 9.17) is 4.74 Å². The average Bonchev–Trinajstić information content (AvgIpc) is 2.85. The fraction of sp³-hybridized carbons (Fsp3) is 0.387. The topological polar surface area (TPSA) is 75.7 Å². The van der Waals surface area contributed by atoms with Gasteiger partial charge in [-0.15, -0.1) is 0 Å². The van der Waals surface area contributed by atoms with E-state index < -0.39 is 41.2 Å². The molecular formula is C31H34F2N2O4S. The quantitative estimate of drug-likeness (QED) is 0.274. The van der Waals surface area contributed by atoms with E-state index in [0.29, 0.717) is 29.2 Å². The first-order valence-corrected chi connectivity index (χ1v) is 14.2. The van der Waals surface area contributed by atoms with Gasteiger partial charge in [0.15, 0.2) is 0 Å². The predicted molar refractivity (Wildman–Crippen MR) is 153 cm³/mol. The second-order valence-corrected chi connectivity index (χ2v) is 11.9. The Bertz CT molecular complexity index is 1360. The predicted octanol–water partition coefficient (Wildman–Crippen LogP) is 5.73. The average molecular weight is 569 g/mol. The van der Waals surface area contributed by atoms with E-state index in [2.05, 4.69) is 31.0 Å². The molecule has 1 aliphatic heterocycles. The number of carbonyl (C=O) groups excluding carboxylic acids is 3. The third kappa shape index (κ3) is 8.95. The van der Waals surface area contributed by atoms with Crippen molar-refractivity contribution in [3.63, 3.8) is 0 Å². The number of hydrogen-bond donors (Lipinski definition) is 1. The summed E-state index contributed by atoms with van der Waals surface area (Å²) in [5.74, 6) is 4.35. The number of nitrogens with zero attached hydrogens (tertiary/aromatic N) is 1. The molecule has 0 saturated heterocycles. The number of benzene rings is 2. The van der Waals surface area contributed by atoms with Crippen LogP contribution in [0.4, 0.5) is 13.6 Å². The summed E-state index contributed by atoms with van der Waals surface area (Å²) in [6.07, 6.45) is 4.05. The summed E-state index contributed by atoms with van der Waals surface area (Å²) in [7, 11) is 0. The smallest absolute Gasteiger partial charge is 0.330 e. The van der Waals surface area contributed by atoms with Gasteiger partial charge in [0.05, 0.1) is 5.56 Å². The minimum absolute atomic E-state index is 0.0149. The molecule has 0 saturated carbocycles. The Balaban J connectivity index is 1.85. The Morgan fingerprint density at radius 2 is 1.82 bits per heavy atom. The van der Waals surface area contributed by atoms with Gasteiger partial charge in [0.25, 0.3) is 5.91 Å². The van der Waals surface area contributed by atoms with Crippen LogP contribution in [0.15, 0.2) is 48.6 Å². The lowest BCUT2D eigenvalue weighted by atomic mass is 9.98. The van der Waals surface area contributed by atoms with Crippen LogP contribution in [0, 0.1) is 29.4 Å². The number of amides is 3. The molecule has 6 nitrogen and oxygen atoms in total. The van der Waals surface area contributed by atoms with Gasteiger partial charge in [0, 0.05) is 29.5 Å². The second kappa shape index (κ2) is 13.6. The van der Waals surface area contributed by atoms with E-state index in [0.717, 1.165) is 22.8 Å². The first kappa shape index (κ1) is 30.9. The Hall–Kier alpha value is -3.64. The minimum Gasteiger partial charge on any atom is -0.458 e. The molecule has 9 heteroatoms. The zero-order chi connectivity index (χ0) is 29.4. The highest BCUT2D eigenvalue weighted by Crippen LogP contribution is 2.20. The second-order valence-electron chi connectivity index (χ2n) is 10.8. The molecule has 3 amide bonds. The van der Waals surface area contributed by atoms with Gasteiger partial charge in [-0.25, -0.2) is 18.4 Å². The monoisotopic (exact) mass is 568 g/mol. The molecule has 1 N–H and O–H groups in total. The van der Waals surface area contributed by atoms with Crippen LogP contribution in [0.3, 0.4) is 0 Å². The van der Waals surface area contributed by atoms with Crippen LogP contribution >= 0.6 is 11.8 Å². The number of nitrogens with one attached hydrogen (secondary N) is 1. The van der Waals surface area contributed by atoms with E-state index in [1.807, 2.05) is 6.08 Å². The molecule has 0 aromatic heterocycles. The van der Waals surface area contributed by atoms with Gasteiger partial charge in [-0.3, -0.25) is 9.69 Å². The maximum atomic E-state index is 14.0. The van der Waals surface area contributed by atoms with E-state index in [1.54, 1.807) is 45.0 Å². The first-order chi connectivity index (χ1) is 18.8. The Morgan fingerprint density at radius 3 is 2.50 bits per heavy atom. The molecule has 0 unspecified atom stereocenters. The molecule has 0 bridgehead atoms. The van der Waals surface area contributed by atoms with Crippen molar-refractivity contribution in [3.05, 3.63) is 82.4 Å². The van der Waals surface area contributed by atoms with E-state index in [1.165, 1.54) is 17.8 Å². The highest BCUT2D eigenvalue weighted by molar-refractivity contribution is 7.99. The molecule has 1 atom stereocenters. The lowest BCUT2D eigenvalue weighted by Gasteiger charge is -2.27. The summed E-state index contributed by atoms with van der Waals surface area (Å²) in [5.41, 5.74) is 0.668. The van der Waals surface area contributed by atoms with Crippen LogP contribution in [0.2, 0.25) is 0 Å². The van der Waals surface area contributed by atoms with Gasteiger partial charge < -0.3 is 10.1 Å². The molecule has 0 aliphatic carbocycles. The van der Waals surface area contributed by atoms with Crippen LogP contribution in [-0.2, 0) is 16.0 Å². The number of imide groups is 1. The molecule has 2 aromatic carbocycles. The number of ether oxygens (including phenoxy) is 1. The fourth-order valence-electron chi connectivity index (χ4n) is 3.75. The number of fused-ring (bicyclic) bond motifs is 1. The Kier molecular flexibility index (Phi) is 10.5. The van der Waals surface area contributed by atoms with Crippen molar-refractivity contribution in [2.24, 2.45) is 5.92 Å². The Labute approximate surface area is 238 Å². The van der Waals surface area contributed by atoms with Crippen molar-refractivity contribution in [1.82, 2.24) is 10.2 Å². The molecule has 0 radical (unpaired) electrons. The van der Waals surface area contributed by atoms with Crippen LogP contribution < -0.4 is 5.32 Å². The van der Waals surface area contributed by atoms with Crippen LogP contribution in [0.25, 0.3) is 0 Å². The van der Waals surface area contributed by atoms with Crippen molar-refractivity contribution < 1.29 is 27.9 Å². The normalized spacial score (nSPS) is 14.8. The van der Waals surface area contributed by atoms with Gasteiger partial charge in [0.2, 0.25) is 0 Å². The summed E-state index contributed by atoms with van der Waals surface area (Å²) in [4.78, 5) is 40.9. The van der Waals surface area contributed by atoms with Gasteiger partial charge in [-0.2, -0.15) is 11.8 Å². The summed E-state index contributed by atoms with van der Waals surface area (Å²) in [5, 5.41) is 2.70. The maximum Gasteiger partial charge on any atom is 0.330 e. The van der Waals surface area contributed by atoms with Gasteiger partial charge in [-0.05, 0) is 68.7 Å². The first-order valence-electron chi connectivity index (χ1n) is 13.0. The summed E-state index contributed by atoms with van der Waals surface area (Å²) < 4.78 is 32.7. The van der Waals surface area contributed by atoms with Crippen LogP contribution in [0.1, 0.15) is 61.7 Å². The van der Waals surface area contributed by atoms with Gasteiger partial charge in [-0.1, -0.05) is 43.9 Å². The molecule has 212 valence electrons. The summed E-state index contributed by atoms with van der Waals surface area (Å²) in [6.45, 7) is 9.39. The van der Waals surface area contributed by atoms with Crippen molar-refractivity contribution >= 4 is 29.7 Å². The number of urea groups is 1. The minimum atomic E-state index is -0.944. The van der Waals surface area contributed by atoms with Crippen LogP contribution in [-0.4, -0.2) is 52.5 Å². The standard InChI is InChI=1S/C31H34F2N2O4S/c1-20(2)18-40-19-27(29(37)39-31(3,4)5)34-30(38)35-15-7-6-8-22-11-9-21(16-25(22)28(35)36)10-12-23-13-14-24(32)17-26(23)33/h6-7,9,11,13-14,16-17,20,27H,8,15,18-19H2,1-5H3,(H,34,38)/b7-6-/t27-/m0/s1. The van der Waals surface area contributed by atoms with E-state index in [9.17, 15) is 23.2 Å². The number of hydrogen-bond acceptors (Lipinski definition) is 5. The Morgan fingerprint density at radius 1 is 1.07 bits per heavy atom. The number of rotatable bonds is 6.